The van der Waals surface area contributed by atoms with Gasteiger partial charge in [-0.05, 0) is 55.6 Å². The molecule has 1 rings (SSSR count). The lowest BCUT2D eigenvalue weighted by Crippen LogP contribution is -2.54. The van der Waals surface area contributed by atoms with Crippen molar-refractivity contribution in [3.8, 4) is 0 Å². The van der Waals surface area contributed by atoms with Crippen LogP contribution in [-0.4, -0.2) is 25.0 Å². The van der Waals surface area contributed by atoms with E-state index in [0.717, 1.165) is 31.3 Å². The molecule has 0 saturated heterocycles. The van der Waals surface area contributed by atoms with E-state index in [1.165, 1.54) is 11.8 Å². The van der Waals surface area contributed by atoms with Crippen molar-refractivity contribution in [1.82, 2.24) is 0 Å². The van der Waals surface area contributed by atoms with E-state index in [4.69, 9.17) is 5.73 Å². The maximum atomic E-state index is 12.2. The van der Waals surface area contributed by atoms with Crippen LogP contribution in [-0.2, 0) is 9.84 Å². The number of allylic oxidation sites excluding steroid dienone is 2. The fourth-order valence-corrected chi connectivity index (χ4v) is 4.80. The molecule has 2 N–H and O–H groups in total. The summed E-state index contributed by atoms with van der Waals surface area (Å²) in [6.07, 6.45) is 9.60. The molecule has 3 nitrogen and oxygen atoms in total. The van der Waals surface area contributed by atoms with E-state index in [2.05, 4.69) is 33.8 Å². The predicted octanol–water partition coefficient (Wildman–Crippen LogP) is 4.39. The number of sulfone groups is 1. The van der Waals surface area contributed by atoms with E-state index < -0.39 is 14.6 Å². The molecule has 0 fully saturated rings. The molecule has 0 aromatic rings. The van der Waals surface area contributed by atoms with Crippen LogP contribution in [0.3, 0.4) is 0 Å². The maximum absolute atomic E-state index is 12.2. The lowest BCUT2D eigenvalue weighted by atomic mass is 9.63. The Labute approximate surface area is 143 Å². The Kier molecular flexibility index (Phi) is 5.97. The summed E-state index contributed by atoms with van der Waals surface area (Å²) in [5.74, 6) is 0. The van der Waals surface area contributed by atoms with Gasteiger partial charge >= 0.3 is 0 Å². The van der Waals surface area contributed by atoms with Gasteiger partial charge in [-0.25, -0.2) is 8.42 Å². The lowest BCUT2D eigenvalue weighted by Gasteiger charge is -2.46. The van der Waals surface area contributed by atoms with Crippen molar-refractivity contribution in [3.05, 3.63) is 23.3 Å². The molecule has 2 unspecified atom stereocenters. The van der Waals surface area contributed by atoms with E-state index in [9.17, 15) is 8.42 Å². The van der Waals surface area contributed by atoms with Gasteiger partial charge in [-0.15, -0.1) is 0 Å². The summed E-state index contributed by atoms with van der Waals surface area (Å²) in [6.45, 7) is 12.6. The second-order valence-corrected chi connectivity index (χ2v) is 10.2. The van der Waals surface area contributed by atoms with Crippen LogP contribution in [0.4, 0.5) is 0 Å². The average molecular weight is 342 g/mol. The van der Waals surface area contributed by atoms with Gasteiger partial charge in [-0.3, -0.25) is 0 Å². The van der Waals surface area contributed by atoms with E-state index in [1.54, 1.807) is 0 Å². The highest BCUT2D eigenvalue weighted by atomic mass is 32.2. The van der Waals surface area contributed by atoms with Crippen LogP contribution in [0.1, 0.15) is 73.6 Å². The second-order valence-electron chi connectivity index (χ2n) is 7.80. The van der Waals surface area contributed by atoms with Crippen LogP contribution in [0.15, 0.2) is 23.3 Å². The highest BCUT2D eigenvalue weighted by Gasteiger charge is 2.44. The fraction of sp³-hybridized carbons (Fsp3) is 0.789. The quantitative estimate of drug-likeness (QED) is 0.747. The molecule has 0 amide bonds. The first-order chi connectivity index (χ1) is 10.4. The monoisotopic (exact) mass is 341 g/mol. The van der Waals surface area contributed by atoms with Gasteiger partial charge in [0.1, 0.15) is 0 Å². The molecule has 2 atom stereocenters. The van der Waals surface area contributed by atoms with E-state index in [1.807, 2.05) is 19.9 Å². The van der Waals surface area contributed by atoms with Gasteiger partial charge in [-0.1, -0.05) is 46.8 Å². The SMILES string of the molecule is CCC(C)(C)C(N)(CC)C1=CC=C(C(C)(CC)S(C)(=O)=O)CC1. The summed E-state index contributed by atoms with van der Waals surface area (Å²) in [5.41, 5.74) is 8.76. The summed E-state index contributed by atoms with van der Waals surface area (Å²) in [4.78, 5) is 0. The van der Waals surface area contributed by atoms with Crippen LogP contribution in [0.5, 0.6) is 0 Å². The molecule has 1 aliphatic rings. The molecule has 0 spiro atoms. The first kappa shape index (κ1) is 20.4. The van der Waals surface area contributed by atoms with Crippen molar-refractivity contribution in [2.45, 2.75) is 83.9 Å². The number of nitrogens with two attached hydrogens (primary N) is 1. The third-order valence-electron chi connectivity index (χ3n) is 6.54. The normalized spacial score (nSPS) is 21.9. The highest BCUT2D eigenvalue weighted by molar-refractivity contribution is 7.92. The predicted molar refractivity (Wildman–Crippen MR) is 100 cm³/mol. The topological polar surface area (TPSA) is 60.2 Å². The molecule has 0 aliphatic heterocycles. The first-order valence-electron chi connectivity index (χ1n) is 8.78. The van der Waals surface area contributed by atoms with Crippen LogP contribution in [0.2, 0.25) is 0 Å². The smallest absolute Gasteiger partial charge is 0.156 e. The minimum Gasteiger partial charge on any atom is -0.321 e. The molecular formula is C19H35NO2S. The van der Waals surface area contributed by atoms with Crippen LogP contribution < -0.4 is 5.73 Å². The van der Waals surface area contributed by atoms with Crippen molar-refractivity contribution < 1.29 is 8.42 Å². The minimum atomic E-state index is -3.13. The molecule has 0 aromatic heterocycles. The molecule has 0 radical (unpaired) electrons. The van der Waals surface area contributed by atoms with E-state index in [-0.39, 0.29) is 11.0 Å². The largest absolute Gasteiger partial charge is 0.321 e. The van der Waals surface area contributed by atoms with E-state index >= 15 is 0 Å². The molecular weight excluding hydrogens is 306 g/mol. The van der Waals surface area contributed by atoms with Crippen molar-refractivity contribution >= 4 is 9.84 Å². The average Bonchev–Trinajstić information content (AvgIpc) is 2.52. The van der Waals surface area contributed by atoms with Gasteiger partial charge in [0.2, 0.25) is 0 Å². The molecule has 23 heavy (non-hydrogen) atoms. The van der Waals surface area contributed by atoms with Gasteiger partial charge < -0.3 is 5.73 Å². The second kappa shape index (κ2) is 6.72. The summed E-state index contributed by atoms with van der Waals surface area (Å²) < 4.78 is 23.7. The third-order valence-corrected chi connectivity index (χ3v) is 8.73. The number of hydrogen-bond acceptors (Lipinski definition) is 3. The fourth-order valence-electron chi connectivity index (χ4n) is 3.63. The van der Waals surface area contributed by atoms with Gasteiger partial charge in [0.25, 0.3) is 0 Å². The molecule has 0 bridgehead atoms. The zero-order valence-electron chi connectivity index (χ0n) is 16.0. The molecule has 0 heterocycles. The third kappa shape index (κ3) is 3.43. The van der Waals surface area contributed by atoms with Gasteiger partial charge in [-0.2, -0.15) is 0 Å². The van der Waals surface area contributed by atoms with E-state index in [0.29, 0.717) is 6.42 Å². The summed E-state index contributed by atoms with van der Waals surface area (Å²) >= 11 is 0. The molecule has 134 valence electrons. The summed E-state index contributed by atoms with van der Waals surface area (Å²) in [5, 5.41) is 0. The Hall–Kier alpha value is -0.610. The standard InChI is InChI=1S/C19H35NO2S/c1-8-17(4,5)19(20,10-3)16-13-11-15(12-14-16)18(6,9-2)23(7,21)22/h11,13H,8-10,12,14,20H2,1-7H3. The Bertz CT molecular complexity index is 601. The molecule has 0 saturated carbocycles. The zero-order chi connectivity index (χ0) is 18.1. The Morgan fingerprint density at radius 3 is 1.74 bits per heavy atom. The van der Waals surface area contributed by atoms with Crippen molar-refractivity contribution in [1.29, 1.82) is 0 Å². The maximum Gasteiger partial charge on any atom is 0.156 e. The molecule has 0 aromatic carbocycles. The number of hydrogen-bond donors (Lipinski definition) is 1. The summed E-state index contributed by atoms with van der Waals surface area (Å²) in [6, 6.07) is 0. The van der Waals surface area contributed by atoms with Gasteiger partial charge in [0.15, 0.2) is 9.84 Å². The first-order valence-corrected chi connectivity index (χ1v) is 10.7. The minimum absolute atomic E-state index is 0.0177. The van der Waals surface area contributed by atoms with Crippen LogP contribution in [0, 0.1) is 5.41 Å². The van der Waals surface area contributed by atoms with Crippen LogP contribution in [0.25, 0.3) is 0 Å². The number of rotatable bonds is 7. The Morgan fingerprint density at radius 2 is 1.43 bits per heavy atom. The lowest BCUT2D eigenvalue weighted by molar-refractivity contribution is 0.181. The van der Waals surface area contributed by atoms with Crippen molar-refractivity contribution in [2.24, 2.45) is 11.1 Å². The Morgan fingerprint density at radius 1 is 0.957 bits per heavy atom. The summed E-state index contributed by atoms with van der Waals surface area (Å²) in [7, 11) is -3.13. The highest BCUT2D eigenvalue weighted by Crippen LogP contribution is 2.44. The molecule has 4 heteroatoms. The Balaban J connectivity index is 3.30. The molecule has 1 aliphatic carbocycles. The van der Waals surface area contributed by atoms with Crippen molar-refractivity contribution in [3.63, 3.8) is 0 Å². The van der Waals surface area contributed by atoms with Crippen LogP contribution >= 0.6 is 0 Å². The van der Waals surface area contributed by atoms with Crippen molar-refractivity contribution in [2.75, 3.05) is 6.26 Å². The van der Waals surface area contributed by atoms with Gasteiger partial charge in [0, 0.05) is 11.8 Å². The zero-order valence-corrected chi connectivity index (χ0v) is 16.8. The van der Waals surface area contributed by atoms with Gasteiger partial charge in [0.05, 0.1) is 4.75 Å².